The summed E-state index contributed by atoms with van der Waals surface area (Å²) in [5, 5.41) is 19.2. The third kappa shape index (κ3) is 3.25. The largest absolute Gasteiger partial charge is 0.480 e. The van der Waals surface area contributed by atoms with E-state index in [0.717, 1.165) is 0 Å². The number of carboxylic acids is 1. The molecule has 6 heteroatoms. The highest BCUT2D eigenvalue weighted by atomic mass is 19.1. The molecule has 2 N–H and O–H groups in total. The Kier molecular flexibility index (Phi) is 3.70. The number of nitrogens with zero attached hydrogens (tertiary/aromatic N) is 2. The molecular weight excluding hydrogens is 249 g/mol. The normalized spacial score (nSPS) is 11.9. The van der Waals surface area contributed by atoms with E-state index in [2.05, 4.69) is 15.5 Å². The van der Waals surface area contributed by atoms with E-state index in [1.54, 1.807) is 24.3 Å². The average molecular weight is 261 g/mol. The van der Waals surface area contributed by atoms with Gasteiger partial charge in [0.25, 0.3) is 0 Å². The first kappa shape index (κ1) is 12.9. The highest BCUT2D eigenvalue weighted by Crippen LogP contribution is 2.18. The van der Waals surface area contributed by atoms with Gasteiger partial charge in [0.1, 0.15) is 17.7 Å². The molecule has 0 aliphatic heterocycles. The second-order valence-electron chi connectivity index (χ2n) is 4.02. The van der Waals surface area contributed by atoms with Crippen LogP contribution in [-0.2, 0) is 4.79 Å². The molecule has 1 aromatic heterocycles. The minimum Gasteiger partial charge on any atom is -0.480 e. The highest BCUT2D eigenvalue weighted by molar-refractivity contribution is 5.76. The summed E-state index contributed by atoms with van der Waals surface area (Å²) in [6.45, 7) is 1.50. The molecule has 98 valence electrons. The molecular formula is C13H12FN3O2. The van der Waals surface area contributed by atoms with E-state index in [1.165, 1.54) is 19.1 Å². The van der Waals surface area contributed by atoms with Crippen molar-refractivity contribution < 1.29 is 14.3 Å². The van der Waals surface area contributed by atoms with Gasteiger partial charge in [0, 0.05) is 5.56 Å². The number of benzene rings is 1. The Morgan fingerprint density at radius 3 is 2.68 bits per heavy atom. The van der Waals surface area contributed by atoms with Crippen LogP contribution in [0.4, 0.5) is 10.2 Å². The molecule has 0 saturated heterocycles. The molecule has 5 nitrogen and oxygen atoms in total. The second kappa shape index (κ2) is 5.43. The fourth-order valence-electron chi connectivity index (χ4n) is 1.49. The van der Waals surface area contributed by atoms with Crippen LogP contribution in [-0.4, -0.2) is 27.3 Å². The number of hydrogen-bond donors (Lipinski definition) is 2. The first-order chi connectivity index (χ1) is 9.06. The third-order valence-corrected chi connectivity index (χ3v) is 2.52. The predicted molar refractivity (Wildman–Crippen MR) is 68.1 cm³/mol. The molecule has 2 rings (SSSR count). The molecule has 0 aliphatic rings. The van der Waals surface area contributed by atoms with Crippen molar-refractivity contribution in [3.63, 3.8) is 0 Å². The van der Waals surface area contributed by atoms with Crippen LogP contribution in [0.5, 0.6) is 0 Å². The molecule has 1 aromatic carbocycles. The predicted octanol–water partition coefficient (Wildman–Crippen LogP) is 2.17. The number of aliphatic carboxylic acids is 1. The van der Waals surface area contributed by atoms with Gasteiger partial charge in [-0.1, -0.05) is 12.1 Å². The smallest absolute Gasteiger partial charge is 0.325 e. The first-order valence-electron chi connectivity index (χ1n) is 5.65. The molecule has 1 atom stereocenters. The zero-order valence-corrected chi connectivity index (χ0v) is 10.2. The Balaban J connectivity index is 2.17. The minimum absolute atomic E-state index is 0.346. The van der Waals surface area contributed by atoms with Crippen LogP contribution >= 0.6 is 0 Å². The van der Waals surface area contributed by atoms with Crippen LogP contribution < -0.4 is 5.32 Å². The molecule has 1 unspecified atom stereocenters. The van der Waals surface area contributed by atoms with E-state index >= 15 is 0 Å². The van der Waals surface area contributed by atoms with E-state index in [1.807, 2.05) is 0 Å². The fourth-order valence-corrected chi connectivity index (χ4v) is 1.49. The maximum absolute atomic E-state index is 13.1. The summed E-state index contributed by atoms with van der Waals surface area (Å²) in [5.74, 6) is -0.966. The van der Waals surface area contributed by atoms with Crippen LogP contribution in [0.2, 0.25) is 0 Å². The van der Waals surface area contributed by atoms with Crippen molar-refractivity contribution in [3.05, 3.63) is 42.2 Å². The van der Waals surface area contributed by atoms with Crippen molar-refractivity contribution in [2.45, 2.75) is 13.0 Å². The molecule has 0 bridgehead atoms. The van der Waals surface area contributed by atoms with Gasteiger partial charge in [0.2, 0.25) is 0 Å². The van der Waals surface area contributed by atoms with Crippen molar-refractivity contribution >= 4 is 11.8 Å². The monoisotopic (exact) mass is 261 g/mol. The zero-order valence-electron chi connectivity index (χ0n) is 10.2. The minimum atomic E-state index is -0.976. The van der Waals surface area contributed by atoms with Crippen molar-refractivity contribution in [1.29, 1.82) is 0 Å². The Labute approximate surface area is 109 Å². The molecule has 2 aromatic rings. The van der Waals surface area contributed by atoms with Gasteiger partial charge in [0.05, 0.1) is 5.69 Å². The van der Waals surface area contributed by atoms with Gasteiger partial charge in [-0.2, -0.15) is 0 Å². The van der Waals surface area contributed by atoms with E-state index in [4.69, 9.17) is 5.11 Å². The van der Waals surface area contributed by atoms with E-state index in [-0.39, 0.29) is 5.82 Å². The lowest BCUT2D eigenvalue weighted by molar-refractivity contribution is -0.137. The van der Waals surface area contributed by atoms with Gasteiger partial charge in [-0.3, -0.25) is 4.79 Å². The number of anilines is 1. The molecule has 0 aliphatic carbocycles. The van der Waals surface area contributed by atoms with Crippen LogP contribution in [0.25, 0.3) is 11.3 Å². The Morgan fingerprint density at radius 1 is 1.32 bits per heavy atom. The molecule has 0 fully saturated rings. The Morgan fingerprint density at radius 2 is 2.11 bits per heavy atom. The second-order valence-corrected chi connectivity index (χ2v) is 4.02. The Bertz CT molecular complexity index is 587. The van der Waals surface area contributed by atoms with Crippen molar-refractivity contribution in [2.75, 3.05) is 5.32 Å². The SMILES string of the molecule is CC(Nc1ccc(-c2cccc(F)c2)nn1)C(=O)O. The average Bonchev–Trinajstić information content (AvgIpc) is 2.39. The third-order valence-electron chi connectivity index (χ3n) is 2.52. The van der Waals surface area contributed by atoms with Crippen LogP contribution in [0.15, 0.2) is 36.4 Å². The van der Waals surface area contributed by atoms with E-state index < -0.39 is 12.0 Å². The number of nitrogens with one attached hydrogen (secondary N) is 1. The van der Waals surface area contributed by atoms with Gasteiger partial charge < -0.3 is 10.4 Å². The molecule has 0 amide bonds. The number of carboxylic acid groups (broad SMARTS) is 1. The van der Waals surface area contributed by atoms with Crippen molar-refractivity contribution in [3.8, 4) is 11.3 Å². The lowest BCUT2D eigenvalue weighted by atomic mass is 10.1. The van der Waals surface area contributed by atoms with Gasteiger partial charge in [-0.25, -0.2) is 4.39 Å². The summed E-state index contributed by atoms with van der Waals surface area (Å²) in [5.41, 5.74) is 1.14. The molecule has 0 saturated carbocycles. The van der Waals surface area contributed by atoms with Gasteiger partial charge in [0.15, 0.2) is 0 Å². The quantitative estimate of drug-likeness (QED) is 0.882. The summed E-state index contributed by atoms with van der Waals surface area (Å²) in [7, 11) is 0. The van der Waals surface area contributed by atoms with Crippen molar-refractivity contribution in [1.82, 2.24) is 10.2 Å². The molecule has 19 heavy (non-hydrogen) atoms. The standard InChI is InChI=1S/C13H12FN3O2/c1-8(13(18)19)15-12-6-5-11(16-17-12)9-3-2-4-10(14)7-9/h2-8H,1H3,(H,15,17)(H,18,19). The summed E-state index contributed by atoms with van der Waals surface area (Å²) in [6, 6.07) is 8.52. The van der Waals surface area contributed by atoms with E-state index in [9.17, 15) is 9.18 Å². The molecule has 1 heterocycles. The highest BCUT2D eigenvalue weighted by Gasteiger charge is 2.11. The number of rotatable bonds is 4. The first-order valence-corrected chi connectivity index (χ1v) is 5.65. The maximum atomic E-state index is 13.1. The van der Waals surface area contributed by atoms with Crippen LogP contribution in [0, 0.1) is 5.82 Å². The van der Waals surface area contributed by atoms with Gasteiger partial charge in [-0.05, 0) is 31.2 Å². The lowest BCUT2D eigenvalue weighted by Crippen LogP contribution is -2.25. The molecule has 0 radical (unpaired) electrons. The summed E-state index contributed by atoms with van der Waals surface area (Å²) < 4.78 is 13.1. The Hall–Kier alpha value is -2.50. The van der Waals surface area contributed by atoms with Gasteiger partial charge in [-0.15, -0.1) is 10.2 Å². The van der Waals surface area contributed by atoms with Crippen LogP contribution in [0.3, 0.4) is 0 Å². The summed E-state index contributed by atoms with van der Waals surface area (Å²) in [6.07, 6.45) is 0. The summed E-state index contributed by atoms with van der Waals surface area (Å²) in [4.78, 5) is 10.7. The van der Waals surface area contributed by atoms with Crippen molar-refractivity contribution in [2.24, 2.45) is 0 Å². The number of aromatic nitrogens is 2. The topological polar surface area (TPSA) is 75.1 Å². The zero-order chi connectivity index (χ0) is 13.8. The molecule has 0 spiro atoms. The maximum Gasteiger partial charge on any atom is 0.325 e. The number of hydrogen-bond acceptors (Lipinski definition) is 4. The summed E-state index contributed by atoms with van der Waals surface area (Å²) >= 11 is 0. The number of carbonyl (C=O) groups is 1. The lowest BCUT2D eigenvalue weighted by Gasteiger charge is -2.09. The van der Waals surface area contributed by atoms with Crippen LogP contribution in [0.1, 0.15) is 6.92 Å². The number of halogens is 1. The van der Waals surface area contributed by atoms with Gasteiger partial charge >= 0.3 is 5.97 Å². The fraction of sp³-hybridized carbons (Fsp3) is 0.154. The van der Waals surface area contributed by atoms with E-state index in [0.29, 0.717) is 17.1 Å².